The van der Waals surface area contributed by atoms with E-state index in [1.165, 1.54) is 6.20 Å². The van der Waals surface area contributed by atoms with Crippen molar-refractivity contribution in [3.8, 4) is 5.75 Å². The average molecular weight is 365 g/mol. The first kappa shape index (κ1) is 18.3. The van der Waals surface area contributed by atoms with Crippen molar-refractivity contribution in [1.29, 1.82) is 0 Å². The standard InChI is InChI=1S/C20H23N5O2/c1-14(24(2)3)10-12-27-16-8-6-15(7-9-16)23-19-17(20(21)26)13-22-25-11-4-5-18(19)25/h4-9,11,13,23H,1,10,12H2,2-3H3,(H2,21,26). The highest BCUT2D eigenvalue weighted by Crippen LogP contribution is 2.27. The van der Waals surface area contributed by atoms with Crippen molar-refractivity contribution in [1.82, 2.24) is 14.5 Å². The van der Waals surface area contributed by atoms with Gasteiger partial charge in [0.05, 0.1) is 29.6 Å². The number of amides is 1. The lowest BCUT2D eigenvalue weighted by molar-refractivity contribution is 0.100. The molecule has 2 heterocycles. The van der Waals surface area contributed by atoms with E-state index in [9.17, 15) is 4.79 Å². The van der Waals surface area contributed by atoms with E-state index in [1.807, 2.05) is 61.6 Å². The highest BCUT2D eigenvalue weighted by atomic mass is 16.5. The summed E-state index contributed by atoms with van der Waals surface area (Å²) in [4.78, 5) is 13.7. The molecule has 0 aliphatic carbocycles. The molecule has 3 N–H and O–H groups in total. The molecule has 0 bridgehead atoms. The zero-order valence-corrected chi connectivity index (χ0v) is 15.5. The van der Waals surface area contributed by atoms with Crippen molar-refractivity contribution in [2.75, 3.05) is 26.0 Å². The Morgan fingerprint density at radius 1 is 1.30 bits per heavy atom. The van der Waals surface area contributed by atoms with Crippen LogP contribution in [0.4, 0.5) is 11.4 Å². The summed E-state index contributed by atoms with van der Waals surface area (Å²) in [6, 6.07) is 11.3. The fourth-order valence-electron chi connectivity index (χ4n) is 2.60. The molecule has 140 valence electrons. The highest BCUT2D eigenvalue weighted by Gasteiger charge is 2.13. The van der Waals surface area contributed by atoms with Crippen molar-refractivity contribution in [2.24, 2.45) is 5.73 Å². The van der Waals surface area contributed by atoms with Gasteiger partial charge in [-0.15, -0.1) is 0 Å². The molecule has 1 amide bonds. The molecular weight excluding hydrogens is 342 g/mol. The zero-order valence-electron chi connectivity index (χ0n) is 15.5. The number of benzene rings is 1. The summed E-state index contributed by atoms with van der Waals surface area (Å²) in [5.74, 6) is 0.236. The van der Waals surface area contributed by atoms with E-state index in [-0.39, 0.29) is 0 Å². The maximum atomic E-state index is 11.8. The molecule has 0 saturated carbocycles. The van der Waals surface area contributed by atoms with Crippen molar-refractivity contribution in [3.05, 3.63) is 66.6 Å². The summed E-state index contributed by atoms with van der Waals surface area (Å²) in [7, 11) is 3.93. The number of hydrogen-bond donors (Lipinski definition) is 2. The van der Waals surface area contributed by atoms with E-state index in [1.54, 1.807) is 4.52 Å². The van der Waals surface area contributed by atoms with Crippen LogP contribution in [0.3, 0.4) is 0 Å². The number of anilines is 2. The Kier molecular flexibility index (Phi) is 5.30. The number of nitrogens with zero attached hydrogens (tertiary/aromatic N) is 3. The van der Waals surface area contributed by atoms with Crippen LogP contribution in [0.15, 0.2) is 61.1 Å². The van der Waals surface area contributed by atoms with Gasteiger partial charge in [0.1, 0.15) is 5.75 Å². The van der Waals surface area contributed by atoms with Crippen LogP contribution in [0.2, 0.25) is 0 Å². The van der Waals surface area contributed by atoms with Gasteiger partial charge >= 0.3 is 0 Å². The number of primary amides is 1. The van der Waals surface area contributed by atoms with Gasteiger partial charge in [0.15, 0.2) is 0 Å². The fraction of sp³-hybridized carbons (Fsp3) is 0.200. The zero-order chi connectivity index (χ0) is 19.4. The van der Waals surface area contributed by atoms with Crippen LogP contribution in [0.25, 0.3) is 5.52 Å². The predicted molar refractivity (Wildman–Crippen MR) is 106 cm³/mol. The Labute approximate surface area is 158 Å². The van der Waals surface area contributed by atoms with Crippen LogP contribution in [0, 0.1) is 0 Å². The van der Waals surface area contributed by atoms with Gasteiger partial charge in [-0.25, -0.2) is 4.52 Å². The van der Waals surface area contributed by atoms with Gasteiger partial charge < -0.3 is 20.7 Å². The van der Waals surface area contributed by atoms with Crippen LogP contribution in [-0.4, -0.2) is 41.1 Å². The van der Waals surface area contributed by atoms with Crippen molar-refractivity contribution in [2.45, 2.75) is 6.42 Å². The first-order chi connectivity index (χ1) is 13.0. The van der Waals surface area contributed by atoms with Crippen LogP contribution < -0.4 is 15.8 Å². The number of hydrogen-bond acceptors (Lipinski definition) is 5. The summed E-state index contributed by atoms with van der Waals surface area (Å²) in [6.07, 6.45) is 4.04. The summed E-state index contributed by atoms with van der Waals surface area (Å²) in [6.45, 7) is 4.54. The SMILES string of the molecule is C=C(CCOc1ccc(Nc2c(C(N)=O)cnn3cccc23)cc1)N(C)C. The molecule has 7 nitrogen and oxygen atoms in total. The van der Waals surface area contributed by atoms with E-state index >= 15 is 0 Å². The Hall–Kier alpha value is -3.48. The molecule has 3 rings (SSSR count). The molecule has 0 aliphatic heterocycles. The molecule has 2 aromatic heterocycles. The third-order valence-electron chi connectivity index (χ3n) is 4.25. The van der Waals surface area contributed by atoms with Crippen LogP contribution >= 0.6 is 0 Å². The molecule has 0 unspecified atom stereocenters. The topological polar surface area (TPSA) is 84.9 Å². The van der Waals surface area contributed by atoms with Crippen LogP contribution in [0.1, 0.15) is 16.8 Å². The molecule has 1 aromatic carbocycles. The first-order valence-electron chi connectivity index (χ1n) is 8.57. The number of aromatic nitrogens is 2. The quantitative estimate of drug-likeness (QED) is 0.641. The normalized spacial score (nSPS) is 10.6. The molecule has 0 spiro atoms. The number of carbonyl (C=O) groups is 1. The molecular formula is C20H23N5O2. The number of nitrogens with two attached hydrogens (primary N) is 1. The number of fused-ring (bicyclic) bond motifs is 1. The first-order valence-corrected chi connectivity index (χ1v) is 8.57. The Bertz CT molecular complexity index is 960. The maximum Gasteiger partial charge on any atom is 0.252 e. The summed E-state index contributed by atoms with van der Waals surface area (Å²) in [5.41, 5.74) is 9.06. The van der Waals surface area contributed by atoms with Gasteiger partial charge in [0, 0.05) is 38.1 Å². The number of rotatable bonds is 8. The second-order valence-electron chi connectivity index (χ2n) is 6.34. The third-order valence-corrected chi connectivity index (χ3v) is 4.25. The Morgan fingerprint density at radius 3 is 2.70 bits per heavy atom. The van der Waals surface area contributed by atoms with Crippen molar-refractivity contribution >= 4 is 22.8 Å². The molecule has 0 aliphatic rings. The molecule has 0 fully saturated rings. The fourth-order valence-corrected chi connectivity index (χ4v) is 2.60. The summed E-state index contributed by atoms with van der Waals surface area (Å²) >= 11 is 0. The van der Waals surface area contributed by atoms with Gasteiger partial charge in [-0.2, -0.15) is 5.10 Å². The van der Waals surface area contributed by atoms with Gasteiger partial charge in [0.2, 0.25) is 0 Å². The van der Waals surface area contributed by atoms with Crippen molar-refractivity contribution < 1.29 is 9.53 Å². The van der Waals surface area contributed by atoms with E-state index < -0.39 is 5.91 Å². The second kappa shape index (κ2) is 7.82. The van der Waals surface area contributed by atoms with Crippen molar-refractivity contribution in [3.63, 3.8) is 0 Å². The van der Waals surface area contributed by atoms with Gasteiger partial charge in [-0.05, 0) is 36.4 Å². The van der Waals surface area contributed by atoms with Gasteiger partial charge in [0.25, 0.3) is 5.91 Å². The molecule has 0 atom stereocenters. The molecule has 27 heavy (non-hydrogen) atoms. The van der Waals surface area contributed by atoms with Gasteiger partial charge in [-0.1, -0.05) is 6.58 Å². The maximum absolute atomic E-state index is 11.8. The van der Waals surface area contributed by atoms with Gasteiger partial charge in [-0.3, -0.25) is 4.79 Å². The van der Waals surface area contributed by atoms with E-state index in [2.05, 4.69) is 17.0 Å². The lowest BCUT2D eigenvalue weighted by Crippen LogP contribution is -2.15. The lowest BCUT2D eigenvalue weighted by Gasteiger charge is -2.16. The minimum Gasteiger partial charge on any atom is -0.493 e. The second-order valence-corrected chi connectivity index (χ2v) is 6.34. The number of carbonyl (C=O) groups excluding carboxylic acids is 1. The minimum absolute atomic E-state index is 0.337. The molecule has 3 aromatic rings. The minimum atomic E-state index is -0.533. The van der Waals surface area contributed by atoms with Crippen LogP contribution in [-0.2, 0) is 0 Å². The van der Waals surface area contributed by atoms with E-state index in [0.717, 1.165) is 29.1 Å². The Balaban J connectivity index is 1.73. The molecule has 0 radical (unpaired) electrons. The van der Waals surface area contributed by atoms with Crippen LogP contribution in [0.5, 0.6) is 5.75 Å². The third kappa shape index (κ3) is 4.20. The predicted octanol–water partition coefficient (Wildman–Crippen LogP) is 3.02. The summed E-state index contributed by atoms with van der Waals surface area (Å²) < 4.78 is 7.43. The largest absolute Gasteiger partial charge is 0.493 e. The summed E-state index contributed by atoms with van der Waals surface area (Å²) in [5, 5.41) is 7.45. The molecule has 0 saturated heterocycles. The van der Waals surface area contributed by atoms with E-state index in [0.29, 0.717) is 17.9 Å². The molecule has 7 heteroatoms. The Morgan fingerprint density at radius 2 is 2.04 bits per heavy atom. The smallest absolute Gasteiger partial charge is 0.252 e. The monoisotopic (exact) mass is 365 g/mol. The highest BCUT2D eigenvalue weighted by molar-refractivity contribution is 6.02. The number of ether oxygens (including phenoxy) is 1. The average Bonchev–Trinajstić information content (AvgIpc) is 3.12. The number of nitrogens with one attached hydrogen (secondary N) is 1. The lowest BCUT2D eigenvalue weighted by atomic mass is 10.2. The van der Waals surface area contributed by atoms with E-state index in [4.69, 9.17) is 10.5 Å².